The molecule has 49 heavy (non-hydrogen) atoms. The number of rotatable bonds is 11. The number of fused-ring (bicyclic) bond motifs is 1. The SMILES string of the molecule is COc1ccc(C[C@H](N)C(=O)N[C@H]2[C@@H](O)[C@H](n3cnc4c(N)ncnc43)O[C@@H]2CO[Si](c2ccccc2)(c2ccccc2)C(C)(C)C)cc1. The standard InChI is InChI=1S/C36H43N7O5Si/c1-36(2,3)49(25-11-7-5-8-12-25,26-13-9-6-10-14-26)47-20-28-29(42-34(45)27(37)19-23-15-17-24(46-4)18-16-23)31(44)35(48-28)43-22-41-30-32(38)39-21-40-33(30)43/h5-18,21-22,27-29,31,35,44H,19-20,37H2,1-4H3,(H,42,45)(H2,38,39,40)/t27-,28+,29+,31+,35+/m0/s1. The Labute approximate surface area is 286 Å². The number of methoxy groups -OCH3 is 1. The minimum atomic E-state index is -2.99. The molecule has 1 aliphatic rings. The predicted octanol–water partition coefficient (Wildman–Crippen LogP) is 2.31. The molecule has 0 bridgehead atoms. The number of hydrogen-bond donors (Lipinski definition) is 4. The van der Waals surface area contributed by atoms with Crippen molar-refractivity contribution in [2.45, 2.75) is 62.7 Å². The van der Waals surface area contributed by atoms with Crippen LogP contribution in [-0.2, 0) is 20.4 Å². The number of ether oxygens (including phenoxy) is 2. The van der Waals surface area contributed by atoms with Gasteiger partial charge < -0.3 is 35.8 Å². The van der Waals surface area contributed by atoms with Crippen LogP contribution in [0.2, 0.25) is 5.04 Å². The molecule has 13 heteroatoms. The number of anilines is 1. The lowest BCUT2D eigenvalue weighted by Gasteiger charge is -2.43. The number of aliphatic hydroxyl groups is 1. The van der Waals surface area contributed by atoms with Gasteiger partial charge in [-0.25, -0.2) is 15.0 Å². The highest BCUT2D eigenvalue weighted by atomic mass is 28.4. The van der Waals surface area contributed by atoms with Gasteiger partial charge in [-0.3, -0.25) is 9.36 Å². The first kappa shape index (κ1) is 34.2. The Bertz CT molecular complexity index is 1830. The highest BCUT2D eigenvalue weighted by Gasteiger charge is 2.53. The summed E-state index contributed by atoms with van der Waals surface area (Å²) in [6, 6.07) is 26.1. The number of carbonyl (C=O) groups is 1. The average Bonchev–Trinajstić information content (AvgIpc) is 3.67. The number of aromatic nitrogens is 4. The minimum Gasteiger partial charge on any atom is -0.497 e. The molecule has 6 rings (SSSR count). The zero-order chi connectivity index (χ0) is 34.8. The highest BCUT2D eigenvalue weighted by Crippen LogP contribution is 2.38. The maximum absolute atomic E-state index is 13.7. The second kappa shape index (κ2) is 14.1. The van der Waals surface area contributed by atoms with Crippen LogP contribution in [0.3, 0.4) is 0 Å². The first-order chi connectivity index (χ1) is 23.5. The molecule has 0 radical (unpaired) electrons. The van der Waals surface area contributed by atoms with Crippen LogP contribution < -0.4 is 31.9 Å². The summed E-state index contributed by atoms with van der Waals surface area (Å²) in [4.78, 5) is 26.4. The van der Waals surface area contributed by atoms with E-state index >= 15 is 0 Å². The number of amides is 1. The van der Waals surface area contributed by atoms with Gasteiger partial charge in [-0.05, 0) is 39.5 Å². The molecule has 0 unspecified atom stereocenters. The van der Waals surface area contributed by atoms with Gasteiger partial charge in [0.05, 0.1) is 32.1 Å². The topological polar surface area (TPSA) is 173 Å². The van der Waals surface area contributed by atoms with Gasteiger partial charge in [0.25, 0.3) is 8.32 Å². The van der Waals surface area contributed by atoms with Crippen LogP contribution in [0, 0.1) is 0 Å². The molecule has 2 aromatic heterocycles. The molecule has 6 N–H and O–H groups in total. The molecule has 0 spiro atoms. The van der Waals surface area contributed by atoms with Gasteiger partial charge >= 0.3 is 0 Å². The monoisotopic (exact) mass is 681 g/mol. The number of nitrogens with two attached hydrogens (primary N) is 2. The molecule has 5 atom stereocenters. The molecule has 1 fully saturated rings. The lowest BCUT2D eigenvalue weighted by molar-refractivity contribution is -0.124. The largest absolute Gasteiger partial charge is 0.497 e. The number of hydrogen-bond acceptors (Lipinski definition) is 10. The van der Waals surface area contributed by atoms with Crippen LogP contribution in [0.1, 0.15) is 32.6 Å². The molecule has 1 amide bonds. The van der Waals surface area contributed by atoms with Crippen molar-refractivity contribution in [3.05, 3.63) is 103 Å². The fourth-order valence-electron chi connectivity index (χ4n) is 6.70. The van der Waals surface area contributed by atoms with Crippen molar-refractivity contribution in [3.63, 3.8) is 0 Å². The van der Waals surface area contributed by atoms with Crippen LogP contribution >= 0.6 is 0 Å². The van der Waals surface area contributed by atoms with Crippen molar-refractivity contribution >= 4 is 41.6 Å². The van der Waals surface area contributed by atoms with Crippen molar-refractivity contribution in [2.24, 2.45) is 5.73 Å². The van der Waals surface area contributed by atoms with Gasteiger partial charge in [0.1, 0.15) is 29.8 Å². The summed E-state index contributed by atoms with van der Waals surface area (Å²) in [5, 5.41) is 16.8. The zero-order valence-electron chi connectivity index (χ0n) is 28.1. The lowest BCUT2D eigenvalue weighted by atomic mass is 10.0. The Morgan fingerprint density at radius 2 is 1.63 bits per heavy atom. The molecule has 3 aromatic carbocycles. The van der Waals surface area contributed by atoms with E-state index in [2.05, 4.69) is 65.3 Å². The van der Waals surface area contributed by atoms with E-state index in [-0.39, 0.29) is 23.9 Å². The molecular formula is C36H43N7O5Si. The second-order valence-electron chi connectivity index (χ2n) is 13.3. The highest BCUT2D eigenvalue weighted by molar-refractivity contribution is 6.99. The molecule has 0 aliphatic carbocycles. The molecule has 256 valence electrons. The molecular weight excluding hydrogens is 639 g/mol. The Morgan fingerprint density at radius 1 is 1.00 bits per heavy atom. The van der Waals surface area contributed by atoms with E-state index in [1.54, 1.807) is 11.7 Å². The summed E-state index contributed by atoms with van der Waals surface area (Å²) in [7, 11) is -1.40. The van der Waals surface area contributed by atoms with Crippen LogP contribution in [-0.4, -0.2) is 76.9 Å². The van der Waals surface area contributed by atoms with Gasteiger partial charge in [-0.1, -0.05) is 93.6 Å². The van der Waals surface area contributed by atoms with E-state index in [0.29, 0.717) is 16.9 Å². The lowest BCUT2D eigenvalue weighted by Crippen LogP contribution is -2.67. The summed E-state index contributed by atoms with van der Waals surface area (Å²) in [5.41, 5.74) is 14.1. The van der Waals surface area contributed by atoms with Gasteiger partial charge in [-0.2, -0.15) is 0 Å². The van der Waals surface area contributed by atoms with Gasteiger partial charge in [0.15, 0.2) is 17.7 Å². The van der Waals surface area contributed by atoms with E-state index in [4.69, 9.17) is 25.4 Å². The molecule has 3 heterocycles. The van der Waals surface area contributed by atoms with Crippen LogP contribution in [0.4, 0.5) is 5.82 Å². The number of aliphatic hydroxyl groups excluding tert-OH is 1. The summed E-state index contributed by atoms with van der Waals surface area (Å²) in [6.45, 7) is 6.63. The number of imidazole rings is 1. The van der Waals surface area contributed by atoms with Gasteiger partial charge in [0, 0.05) is 0 Å². The summed E-state index contributed by atoms with van der Waals surface area (Å²) >= 11 is 0. The smallest absolute Gasteiger partial charge is 0.261 e. The van der Waals surface area contributed by atoms with E-state index in [0.717, 1.165) is 15.9 Å². The number of carbonyl (C=O) groups excluding carboxylic acids is 1. The first-order valence-corrected chi connectivity index (χ1v) is 18.1. The Kier molecular flexibility index (Phi) is 9.81. The molecule has 5 aromatic rings. The third-order valence-electron chi connectivity index (χ3n) is 9.18. The average molecular weight is 682 g/mol. The van der Waals surface area contributed by atoms with E-state index in [1.165, 1.54) is 12.7 Å². The van der Waals surface area contributed by atoms with Crippen LogP contribution in [0.5, 0.6) is 5.75 Å². The molecule has 1 saturated heterocycles. The van der Waals surface area contributed by atoms with Crippen molar-refractivity contribution < 1.29 is 23.8 Å². The fourth-order valence-corrected chi connectivity index (χ4v) is 11.3. The zero-order valence-corrected chi connectivity index (χ0v) is 29.1. The van der Waals surface area contributed by atoms with E-state index < -0.39 is 44.7 Å². The van der Waals surface area contributed by atoms with Crippen molar-refractivity contribution in [1.82, 2.24) is 24.8 Å². The molecule has 1 aliphatic heterocycles. The fraction of sp³-hybridized carbons (Fsp3) is 0.333. The van der Waals surface area contributed by atoms with Crippen molar-refractivity contribution in [1.29, 1.82) is 0 Å². The van der Waals surface area contributed by atoms with E-state index in [1.807, 2.05) is 60.7 Å². The summed E-state index contributed by atoms with van der Waals surface area (Å²) in [5.74, 6) is 0.487. The van der Waals surface area contributed by atoms with E-state index in [9.17, 15) is 9.90 Å². The molecule has 0 saturated carbocycles. The second-order valence-corrected chi connectivity index (χ2v) is 17.6. The number of nitrogens with zero attached hydrogens (tertiary/aromatic N) is 4. The Balaban J connectivity index is 1.33. The van der Waals surface area contributed by atoms with Crippen LogP contribution in [0.25, 0.3) is 11.2 Å². The summed E-state index contributed by atoms with van der Waals surface area (Å²) in [6.07, 6.45) is 0.180. The van der Waals surface area contributed by atoms with Crippen molar-refractivity contribution in [3.8, 4) is 5.75 Å². The normalized spacial score (nSPS) is 20.3. The Hall–Kier alpha value is -4.66. The number of benzene rings is 3. The minimum absolute atomic E-state index is 0.0727. The maximum Gasteiger partial charge on any atom is 0.261 e. The van der Waals surface area contributed by atoms with Gasteiger partial charge in [0.2, 0.25) is 5.91 Å². The molecule has 12 nitrogen and oxygen atoms in total. The predicted molar refractivity (Wildman–Crippen MR) is 190 cm³/mol. The third-order valence-corrected chi connectivity index (χ3v) is 14.2. The summed E-state index contributed by atoms with van der Waals surface area (Å²) < 4.78 is 20.6. The number of nitrogen functional groups attached to an aromatic ring is 1. The quantitative estimate of drug-likeness (QED) is 0.152. The Morgan fingerprint density at radius 3 is 2.22 bits per heavy atom. The third kappa shape index (κ3) is 6.67. The van der Waals surface area contributed by atoms with Crippen LogP contribution in [0.15, 0.2) is 97.6 Å². The first-order valence-electron chi connectivity index (χ1n) is 16.2. The maximum atomic E-state index is 13.7. The van der Waals surface area contributed by atoms with Gasteiger partial charge in [-0.15, -0.1) is 0 Å². The van der Waals surface area contributed by atoms with Crippen molar-refractivity contribution in [2.75, 3.05) is 19.5 Å². The number of nitrogens with one attached hydrogen (secondary N) is 1.